The van der Waals surface area contributed by atoms with Gasteiger partial charge in [-0.2, -0.15) is 0 Å². The van der Waals surface area contributed by atoms with Gasteiger partial charge in [-0.25, -0.2) is 0 Å². The van der Waals surface area contributed by atoms with Crippen molar-refractivity contribution in [2.75, 3.05) is 13.1 Å². The molecule has 0 radical (unpaired) electrons. The number of hydrogen-bond acceptors (Lipinski definition) is 4. The summed E-state index contributed by atoms with van der Waals surface area (Å²) in [7, 11) is 9.75. The summed E-state index contributed by atoms with van der Waals surface area (Å²) in [5.41, 5.74) is 8.95. The van der Waals surface area contributed by atoms with Crippen LogP contribution in [-0.4, -0.2) is 35.2 Å². The predicted octanol–water partition coefficient (Wildman–Crippen LogP) is 2.90. The molecule has 0 saturated carbocycles. The van der Waals surface area contributed by atoms with E-state index in [1.807, 2.05) is 0 Å². The summed E-state index contributed by atoms with van der Waals surface area (Å²) < 4.78 is 0. The van der Waals surface area contributed by atoms with E-state index in [1.165, 1.54) is 0 Å². The Morgan fingerprint density at radius 3 is 1.00 bits per heavy atom. The number of carboxylic acid groups (broad SMARTS) is 2. The SMILES string of the molecule is CC(C)(C)C(=O)O.CC(C)(C)C(=O)O.NCCCN.[Cl][Pt+2][Cl]. The Labute approximate surface area is 150 Å². The molecule has 0 spiro atoms. The van der Waals surface area contributed by atoms with Gasteiger partial charge in [0.25, 0.3) is 0 Å². The molecule has 6 nitrogen and oxygen atoms in total. The molecule has 0 aromatic carbocycles. The van der Waals surface area contributed by atoms with Crippen LogP contribution in [0.25, 0.3) is 0 Å². The second-order valence-electron chi connectivity index (χ2n) is 6.09. The number of nitrogens with two attached hydrogens (primary N) is 2. The molecule has 0 heterocycles. The van der Waals surface area contributed by atoms with E-state index in [4.69, 9.17) is 40.5 Å². The summed E-state index contributed by atoms with van der Waals surface area (Å²) in [6, 6.07) is 0. The third-order valence-electron chi connectivity index (χ3n) is 1.69. The fourth-order valence-corrected chi connectivity index (χ4v) is 0.118. The molecule has 0 unspecified atom stereocenters. The fraction of sp³-hybridized carbons (Fsp3) is 0.846. The number of carbonyl (C=O) groups is 2. The van der Waals surface area contributed by atoms with Gasteiger partial charge in [-0.05, 0) is 61.1 Å². The van der Waals surface area contributed by atoms with Crippen LogP contribution in [0.1, 0.15) is 48.0 Å². The number of rotatable bonds is 2. The maximum absolute atomic E-state index is 10.0. The van der Waals surface area contributed by atoms with Gasteiger partial charge in [-0.1, -0.05) is 0 Å². The van der Waals surface area contributed by atoms with Crippen LogP contribution in [0.3, 0.4) is 0 Å². The molecule has 0 aliphatic carbocycles. The van der Waals surface area contributed by atoms with Gasteiger partial charge in [0.05, 0.1) is 10.8 Å². The van der Waals surface area contributed by atoms with Crippen molar-refractivity contribution >= 4 is 30.8 Å². The van der Waals surface area contributed by atoms with Crippen molar-refractivity contribution in [2.24, 2.45) is 22.3 Å². The van der Waals surface area contributed by atoms with Gasteiger partial charge in [0.1, 0.15) is 0 Å². The Balaban J connectivity index is -0.000000103. The second-order valence-corrected chi connectivity index (χ2v) is 9.37. The standard InChI is InChI=1S/2C5H10O2.C3H10N2.2ClH.Pt/c2*1-5(2,3)4(6)7;4-2-1-3-5;;;/h2*1-3H3,(H,6,7);1-5H2;2*1H;/q;;;;;+4/p-2. The molecule has 0 bridgehead atoms. The number of hydrogen-bond donors (Lipinski definition) is 4. The quantitative estimate of drug-likeness (QED) is 0.424. The third kappa shape index (κ3) is 36.9. The van der Waals surface area contributed by atoms with Crippen molar-refractivity contribution in [2.45, 2.75) is 48.0 Å². The van der Waals surface area contributed by atoms with Crippen LogP contribution < -0.4 is 11.5 Å². The van der Waals surface area contributed by atoms with E-state index in [-0.39, 0.29) is 0 Å². The Hall–Kier alpha value is 0.128. The topological polar surface area (TPSA) is 127 Å². The van der Waals surface area contributed by atoms with Gasteiger partial charge in [0, 0.05) is 0 Å². The van der Waals surface area contributed by atoms with Crippen LogP contribution in [0.5, 0.6) is 0 Å². The minimum absolute atomic E-state index is 0.472. The molecule has 0 rings (SSSR count). The third-order valence-corrected chi connectivity index (χ3v) is 1.69. The molecule has 6 N–H and O–H groups in total. The first-order chi connectivity index (χ1) is 9.72. The number of carboxylic acids is 2. The van der Waals surface area contributed by atoms with Gasteiger partial charge >= 0.3 is 47.3 Å². The zero-order chi connectivity index (χ0) is 19.0. The van der Waals surface area contributed by atoms with Crippen molar-refractivity contribution in [3.63, 3.8) is 0 Å². The molecule has 0 aromatic heterocycles. The average Bonchev–Trinajstić information content (AvgIpc) is 2.30. The Bertz CT molecular complexity index is 254. The zero-order valence-corrected chi connectivity index (χ0v) is 17.8. The van der Waals surface area contributed by atoms with Crippen LogP contribution >= 0.6 is 18.8 Å². The molecule has 0 amide bonds. The summed E-state index contributed by atoms with van der Waals surface area (Å²) in [6.45, 7) is 11.4. The summed E-state index contributed by atoms with van der Waals surface area (Å²) in [6.07, 6.45) is 0.944. The van der Waals surface area contributed by atoms with Crippen LogP contribution in [0.2, 0.25) is 0 Å². The van der Waals surface area contributed by atoms with E-state index in [9.17, 15) is 9.59 Å². The predicted molar refractivity (Wildman–Crippen MR) is 88.6 cm³/mol. The van der Waals surface area contributed by atoms with Gasteiger partial charge in [0.2, 0.25) is 0 Å². The molecule has 0 aliphatic heterocycles. The Morgan fingerprint density at radius 1 is 0.864 bits per heavy atom. The van der Waals surface area contributed by atoms with Crippen molar-refractivity contribution in [1.29, 1.82) is 0 Å². The Morgan fingerprint density at radius 2 is 1.00 bits per heavy atom. The van der Waals surface area contributed by atoms with Gasteiger partial charge in [-0.15, -0.1) is 0 Å². The zero-order valence-electron chi connectivity index (χ0n) is 14.1. The van der Waals surface area contributed by atoms with Crippen LogP contribution in [0, 0.1) is 10.8 Å². The van der Waals surface area contributed by atoms with Crippen LogP contribution in [0.15, 0.2) is 0 Å². The van der Waals surface area contributed by atoms with Crippen LogP contribution in [-0.2, 0) is 26.1 Å². The van der Waals surface area contributed by atoms with E-state index in [1.54, 1.807) is 41.5 Å². The first-order valence-electron chi connectivity index (χ1n) is 6.41. The van der Waals surface area contributed by atoms with Crippen molar-refractivity contribution in [3.05, 3.63) is 0 Å². The normalized spacial score (nSPS) is 10.1. The van der Waals surface area contributed by atoms with E-state index >= 15 is 0 Å². The summed E-state index contributed by atoms with van der Waals surface area (Å²) in [5, 5.41) is 16.5. The molecular formula is C13H30Cl2N2O4Pt+2. The molecule has 0 aromatic rings. The van der Waals surface area contributed by atoms with Crippen molar-refractivity contribution < 1.29 is 36.3 Å². The van der Waals surface area contributed by atoms with Gasteiger partial charge < -0.3 is 21.7 Å². The van der Waals surface area contributed by atoms with E-state index in [0.717, 1.165) is 19.5 Å². The van der Waals surface area contributed by atoms with Crippen molar-refractivity contribution in [1.82, 2.24) is 0 Å². The van der Waals surface area contributed by atoms with Crippen LogP contribution in [0.4, 0.5) is 0 Å². The van der Waals surface area contributed by atoms with E-state index in [0.29, 0.717) is 0 Å². The molecule has 0 atom stereocenters. The van der Waals surface area contributed by atoms with Crippen molar-refractivity contribution in [3.8, 4) is 0 Å². The first kappa shape index (κ1) is 30.1. The first-order valence-corrected chi connectivity index (χ1v) is 12.0. The van der Waals surface area contributed by atoms with E-state index < -0.39 is 39.2 Å². The molecule has 0 aliphatic rings. The summed E-state index contributed by atoms with van der Waals surface area (Å²) >= 11 is -0.472. The molecular weight excluding hydrogens is 514 g/mol. The van der Waals surface area contributed by atoms with E-state index in [2.05, 4.69) is 0 Å². The molecule has 0 fully saturated rings. The molecule has 138 valence electrons. The molecule has 0 saturated heterocycles. The number of aliphatic carboxylic acids is 2. The van der Waals surface area contributed by atoms with Gasteiger partial charge in [0.15, 0.2) is 0 Å². The monoisotopic (exact) mass is 543 g/mol. The molecule has 9 heteroatoms. The minimum atomic E-state index is -0.757. The average molecular weight is 544 g/mol. The fourth-order valence-electron chi connectivity index (χ4n) is 0.118. The summed E-state index contributed by atoms with van der Waals surface area (Å²) in [4.78, 5) is 20.0. The second kappa shape index (κ2) is 17.5. The maximum atomic E-state index is 10.0. The van der Waals surface area contributed by atoms with Gasteiger partial charge in [-0.3, -0.25) is 9.59 Å². The number of halogens is 2. The summed E-state index contributed by atoms with van der Waals surface area (Å²) in [5.74, 6) is -1.51. The Kier molecular flexibility index (Phi) is 23.9. The molecule has 22 heavy (non-hydrogen) atoms.